The number of nitrogens with one attached hydrogen (secondary N) is 2. The van der Waals surface area contributed by atoms with E-state index in [0.717, 1.165) is 6.26 Å². The molecule has 0 amide bonds. The van der Waals surface area contributed by atoms with Crippen LogP contribution in [-0.2, 0) is 10.0 Å². The van der Waals surface area contributed by atoms with Gasteiger partial charge in [-0.1, -0.05) is 6.07 Å². The van der Waals surface area contributed by atoms with Crippen molar-refractivity contribution in [2.45, 2.75) is 0 Å². The molecule has 0 aliphatic rings. The third kappa shape index (κ3) is 3.93. The molecule has 1 aromatic heterocycles. The van der Waals surface area contributed by atoms with Gasteiger partial charge in [0.15, 0.2) is 11.6 Å². The van der Waals surface area contributed by atoms with Crippen molar-refractivity contribution in [3.05, 3.63) is 42.0 Å². The molecule has 0 saturated heterocycles. The van der Waals surface area contributed by atoms with Crippen LogP contribution in [0.1, 0.15) is 5.56 Å². The highest BCUT2D eigenvalue weighted by Crippen LogP contribution is 2.16. The number of benzene rings is 1. The van der Waals surface area contributed by atoms with E-state index in [9.17, 15) is 8.42 Å². The van der Waals surface area contributed by atoms with Crippen LogP contribution in [0.3, 0.4) is 0 Å². The smallest absolute Gasteiger partial charge is 0.231 e. The molecule has 0 atom stereocenters. The average Bonchev–Trinajstić information content (AvgIpc) is 2.40. The van der Waals surface area contributed by atoms with Crippen LogP contribution in [0.25, 0.3) is 0 Å². The Kier molecular flexibility index (Phi) is 3.81. The van der Waals surface area contributed by atoms with Crippen LogP contribution < -0.4 is 10.0 Å². The van der Waals surface area contributed by atoms with Crippen LogP contribution in [0.5, 0.6) is 0 Å². The summed E-state index contributed by atoms with van der Waals surface area (Å²) >= 11 is 0. The lowest BCUT2D eigenvalue weighted by molar-refractivity contribution is 0.606. The summed E-state index contributed by atoms with van der Waals surface area (Å²) < 4.78 is 24.3. The van der Waals surface area contributed by atoms with Gasteiger partial charge in [-0.3, -0.25) is 4.72 Å². The van der Waals surface area contributed by atoms with Gasteiger partial charge < -0.3 is 5.32 Å². The number of hydrogen-bond donors (Lipinski definition) is 2. The van der Waals surface area contributed by atoms with Gasteiger partial charge in [0.05, 0.1) is 17.9 Å². The molecule has 102 valence electrons. The molecule has 2 rings (SSSR count). The minimum absolute atomic E-state index is 0.142. The zero-order valence-electron chi connectivity index (χ0n) is 10.5. The zero-order valence-corrected chi connectivity index (χ0v) is 11.3. The Hall–Kier alpha value is -2.66. The Labute approximate surface area is 116 Å². The molecule has 0 saturated carbocycles. The summed E-state index contributed by atoms with van der Waals surface area (Å²) in [5.74, 6) is 0.586. The van der Waals surface area contributed by atoms with E-state index in [1.807, 2.05) is 6.07 Å². The fourth-order valence-corrected chi connectivity index (χ4v) is 1.95. The number of hydrogen-bond acceptors (Lipinski definition) is 6. The Bertz CT molecular complexity index is 750. The zero-order chi connectivity index (χ0) is 14.6. The summed E-state index contributed by atoms with van der Waals surface area (Å²) in [5, 5.41) is 19.3. The van der Waals surface area contributed by atoms with Gasteiger partial charge in [-0.15, -0.1) is 10.2 Å². The third-order valence-corrected chi connectivity index (χ3v) is 2.80. The molecule has 0 spiro atoms. The molecule has 0 fully saturated rings. The van der Waals surface area contributed by atoms with Gasteiger partial charge in [-0.25, -0.2) is 8.42 Å². The van der Waals surface area contributed by atoms with Crippen molar-refractivity contribution >= 4 is 27.3 Å². The van der Waals surface area contributed by atoms with Crippen LogP contribution in [0.2, 0.25) is 0 Å². The van der Waals surface area contributed by atoms with Gasteiger partial charge >= 0.3 is 0 Å². The van der Waals surface area contributed by atoms with Crippen molar-refractivity contribution in [1.29, 1.82) is 5.26 Å². The topological polar surface area (TPSA) is 108 Å². The molecule has 20 heavy (non-hydrogen) atoms. The number of rotatable bonds is 4. The van der Waals surface area contributed by atoms with Crippen molar-refractivity contribution in [1.82, 2.24) is 10.2 Å². The van der Waals surface area contributed by atoms with E-state index in [4.69, 9.17) is 5.26 Å². The minimum atomic E-state index is -3.37. The number of nitrogens with zero attached hydrogens (tertiary/aromatic N) is 3. The molecule has 2 N–H and O–H groups in total. The Morgan fingerprint density at radius 3 is 2.45 bits per heavy atom. The molecule has 0 aliphatic carbocycles. The Morgan fingerprint density at radius 2 is 1.85 bits per heavy atom. The van der Waals surface area contributed by atoms with Gasteiger partial charge in [-0.05, 0) is 30.3 Å². The van der Waals surface area contributed by atoms with E-state index >= 15 is 0 Å². The van der Waals surface area contributed by atoms with Crippen LogP contribution in [0.15, 0.2) is 36.4 Å². The van der Waals surface area contributed by atoms with Gasteiger partial charge in [-0.2, -0.15) is 5.26 Å². The number of sulfonamides is 1. The molecule has 1 aromatic carbocycles. The first kappa shape index (κ1) is 13.8. The van der Waals surface area contributed by atoms with Crippen molar-refractivity contribution < 1.29 is 8.42 Å². The molecular formula is C12H11N5O2S. The number of aromatic nitrogens is 2. The monoisotopic (exact) mass is 289 g/mol. The lowest BCUT2D eigenvalue weighted by Gasteiger charge is -2.06. The van der Waals surface area contributed by atoms with Crippen molar-refractivity contribution in [3.63, 3.8) is 0 Å². The third-order valence-electron chi connectivity index (χ3n) is 2.22. The SMILES string of the molecule is CS(=O)(=O)Nc1ccc(Nc2cccc(C#N)c2)nn1. The predicted molar refractivity (Wildman–Crippen MR) is 74.9 cm³/mol. The standard InChI is InChI=1S/C12H11N5O2S/c1-20(18,19)17-12-6-5-11(15-16-12)14-10-4-2-3-9(7-10)8-13/h2-7H,1H3,(H,14,15)(H,16,17). The van der Waals surface area contributed by atoms with Crippen LogP contribution >= 0.6 is 0 Å². The van der Waals surface area contributed by atoms with E-state index in [-0.39, 0.29) is 5.82 Å². The molecule has 0 bridgehead atoms. The van der Waals surface area contributed by atoms with Crippen molar-refractivity contribution in [2.24, 2.45) is 0 Å². The van der Waals surface area contributed by atoms with E-state index in [1.54, 1.807) is 30.3 Å². The van der Waals surface area contributed by atoms with E-state index < -0.39 is 10.0 Å². The van der Waals surface area contributed by atoms with E-state index in [2.05, 4.69) is 20.2 Å². The van der Waals surface area contributed by atoms with Gasteiger partial charge in [0.25, 0.3) is 0 Å². The maximum atomic E-state index is 11.0. The first-order chi connectivity index (χ1) is 9.46. The summed E-state index contributed by atoms with van der Waals surface area (Å²) in [4.78, 5) is 0. The fourth-order valence-electron chi connectivity index (χ4n) is 1.46. The summed E-state index contributed by atoms with van der Waals surface area (Å²) in [6.07, 6.45) is 1.04. The molecule has 0 unspecified atom stereocenters. The highest BCUT2D eigenvalue weighted by Gasteiger charge is 2.04. The Morgan fingerprint density at radius 1 is 1.15 bits per heavy atom. The minimum Gasteiger partial charge on any atom is -0.339 e. The summed E-state index contributed by atoms with van der Waals surface area (Å²) in [6.45, 7) is 0. The fraction of sp³-hybridized carbons (Fsp3) is 0.0833. The van der Waals surface area contributed by atoms with Crippen LogP contribution in [-0.4, -0.2) is 24.9 Å². The molecule has 0 radical (unpaired) electrons. The molecule has 0 aliphatic heterocycles. The Balaban J connectivity index is 2.13. The summed E-state index contributed by atoms with van der Waals surface area (Å²) in [5.41, 5.74) is 1.22. The molecule has 7 nitrogen and oxygen atoms in total. The lowest BCUT2D eigenvalue weighted by Crippen LogP contribution is -2.11. The first-order valence-corrected chi connectivity index (χ1v) is 7.44. The highest BCUT2D eigenvalue weighted by molar-refractivity contribution is 7.92. The number of anilines is 3. The van der Waals surface area contributed by atoms with E-state index in [0.29, 0.717) is 17.1 Å². The van der Waals surface area contributed by atoms with E-state index in [1.165, 1.54) is 6.07 Å². The number of nitriles is 1. The van der Waals surface area contributed by atoms with Crippen LogP contribution in [0.4, 0.5) is 17.3 Å². The second-order valence-electron chi connectivity index (χ2n) is 4.00. The maximum absolute atomic E-state index is 11.0. The summed E-state index contributed by atoms with van der Waals surface area (Å²) in [6, 6.07) is 12.0. The molecule has 1 heterocycles. The van der Waals surface area contributed by atoms with Gasteiger partial charge in [0.2, 0.25) is 10.0 Å². The quantitative estimate of drug-likeness (QED) is 0.882. The second kappa shape index (κ2) is 5.54. The normalized spacial score (nSPS) is 10.6. The second-order valence-corrected chi connectivity index (χ2v) is 5.74. The van der Waals surface area contributed by atoms with Crippen molar-refractivity contribution in [3.8, 4) is 6.07 Å². The van der Waals surface area contributed by atoms with Gasteiger partial charge in [0.1, 0.15) is 0 Å². The molecular weight excluding hydrogens is 278 g/mol. The lowest BCUT2D eigenvalue weighted by atomic mass is 10.2. The van der Waals surface area contributed by atoms with Gasteiger partial charge in [0, 0.05) is 5.69 Å². The molecule has 8 heteroatoms. The first-order valence-electron chi connectivity index (χ1n) is 5.55. The van der Waals surface area contributed by atoms with Crippen LogP contribution in [0, 0.1) is 11.3 Å². The summed E-state index contributed by atoms with van der Waals surface area (Å²) in [7, 11) is -3.37. The maximum Gasteiger partial charge on any atom is 0.231 e. The highest BCUT2D eigenvalue weighted by atomic mass is 32.2. The average molecular weight is 289 g/mol. The largest absolute Gasteiger partial charge is 0.339 e. The molecule has 2 aromatic rings. The predicted octanol–water partition coefficient (Wildman–Crippen LogP) is 1.46. The van der Waals surface area contributed by atoms with Crippen molar-refractivity contribution in [2.75, 3.05) is 16.3 Å².